The maximum atomic E-state index is 13.1. The van der Waals surface area contributed by atoms with Crippen LogP contribution in [-0.2, 0) is 4.74 Å². The van der Waals surface area contributed by atoms with Crippen molar-refractivity contribution in [1.29, 1.82) is 0 Å². The molecule has 1 aliphatic rings. The number of hydrogen-bond donors (Lipinski definition) is 3. The number of nitrogens with one attached hydrogen (secondary N) is 3. The molecule has 1 aliphatic heterocycles. The Bertz CT molecular complexity index is 944. The van der Waals surface area contributed by atoms with Crippen molar-refractivity contribution in [3.05, 3.63) is 48.0 Å². The summed E-state index contributed by atoms with van der Waals surface area (Å²) in [5.74, 6) is 0.559. The van der Waals surface area contributed by atoms with Crippen molar-refractivity contribution in [2.24, 2.45) is 5.92 Å². The van der Waals surface area contributed by atoms with Crippen molar-refractivity contribution in [1.82, 2.24) is 5.32 Å². The number of carbonyl (C=O) groups is 2. The SMILES string of the molecule is CCOCCCNC(=O)c1cc(NC(=O)Nc2ccc(SC)cc2)ccc1N1CCC(C)CC1. The number of ether oxygens (including phenoxy) is 1. The maximum absolute atomic E-state index is 13.1. The molecule has 1 heterocycles. The van der Waals surface area contributed by atoms with Gasteiger partial charge in [0.05, 0.1) is 5.56 Å². The van der Waals surface area contributed by atoms with Gasteiger partial charge in [-0.2, -0.15) is 0 Å². The number of benzene rings is 2. The van der Waals surface area contributed by atoms with Crippen LogP contribution in [0.4, 0.5) is 21.9 Å². The van der Waals surface area contributed by atoms with Crippen LogP contribution in [-0.4, -0.2) is 51.0 Å². The van der Waals surface area contributed by atoms with Crippen LogP contribution in [0.25, 0.3) is 0 Å². The lowest BCUT2D eigenvalue weighted by Gasteiger charge is -2.33. The van der Waals surface area contributed by atoms with E-state index >= 15 is 0 Å². The van der Waals surface area contributed by atoms with E-state index in [1.807, 2.05) is 49.6 Å². The van der Waals surface area contributed by atoms with Crippen molar-refractivity contribution < 1.29 is 14.3 Å². The first-order valence-electron chi connectivity index (χ1n) is 12.0. The van der Waals surface area contributed by atoms with Crippen LogP contribution in [0.3, 0.4) is 0 Å². The zero-order chi connectivity index (χ0) is 24.3. The second-order valence-corrected chi connectivity index (χ2v) is 9.40. The molecule has 3 amide bonds. The van der Waals surface area contributed by atoms with E-state index in [9.17, 15) is 9.59 Å². The predicted octanol–water partition coefficient (Wildman–Crippen LogP) is 5.45. The quantitative estimate of drug-likeness (QED) is 0.309. The molecule has 0 spiro atoms. The van der Waals surface area contributed by atoms with Gasteiger partial charge in [0.25, 0.3) is 5.91 Å². The summed E-state index contributed by atoms with van der Waals surface area (Å²) in [4.78, 5) is 29.0. The Hall–Kier alpha value is -2.71. The van der Waals surface area contributed by atoms with Crippen LogP contribution in [0.2, 0.25) is 0 Å². The van der Waals surface area contributed by atoms with Crippen molar-refractivity contribution >= 4 is 40.8 Å². The van der Waals surface area contributed by atoms with E-state index in [-0.39, 0.29) is 11.9 Å². The normalized spacial score (nSPS) is 14.0. The van der Waals surface area contributed by atoms with Gasteiger partial charge in [0.15, 0.2) is 0 Å². The number of piperidine rings is 1. The van der Waals surface area contributed by atoms with Gasteiger partial charge in [-0.3, -0.25) is 4.79 Å². The number of amides is 3. The van der Waals surface area contributed by atoms with E-state index < -0.39 is 0 Å². The molecule has 34 heavy (non-hydrogen) atoms. The summed E-state index contributed by atoms with van der Waals surface area (Å²) in [6.45, 7) is 7.90. The van der Waals surface area contributed by atoms with E-state index in [1.54, 1.807) is 17.8 Å². The fourth-order valence-electron chi connectivity index (χ4n) is 3.90. The summed E-state index contributed by atoms with van der Waals surface area (Å²) in [6, 6.07) is 12.9. The average molecular weight is 485 g/mol. The third kappa shape index (κ3) is 7.67. The van der Waals surface area contributed by atoms with Gasteiger partial charge in [-0.15, -0.1) is 11.8 Å². The molecule has 1 fully saturated rings. The molecule has 1 saturated heterocycles. The van der Waals surface area contributed by atoms with Gasteiger partial charge in [-0.05, 0) is 80.8 Å². The van der Waals surface area contributed by atoms with Gasteiger partial charge >= 0.3 is 6.03 Å². The van der Waals surface area contributed by atoms with E-state index in [0.717, 1.165) is 42.9 Å². The Morgan fingerprint density at radius 1 is 1.06 bits per heavy atom. The molecule has 0 atom stereocenters. The van der Waals surface area contributed by atoms with Gasteiger partial charge in [0, 0.05) is 54.8 Å². The molecule has 0 aliphatic carbocycles. The summed E-state index contributed by atoms with van der Waals surface area (Å²) in [6.07, 6.45) is 4.97. The van der Waals surface area contributed by atoms with E-state index in [1.165, 1.54) is 0 Å². The number of rotatable bonds is 10. The van der Waals surface area contributed by atoms with Gasteiger partial charge in [0.2, 0.25) is 0 Å². The zero-order valence-electron chi connectivity index (χ0n) is 20.4. The summed E-state index contributed by atoms with van der Waals surface area (Å²) in [7, 11) is 0. The molecule has 3 N–H and O–H groups in total. The fourth-order valence-corrected chi connectivity index (χ4v) is 4.31. The Morgan fingerprint density at radius 2 is 1.74 bits per heavy atom. The molecule has 184 valence electrons. The lowest BCUT2D eigenvalue weighted by atomic mass is 9.98. The molecule has 0 saturated carbocycles. The highest BCUT2D eigenvalue weighted by atomic mass is 32.2. The molecular formula is C26H36N4O3S. The number of hydrogen-bond acceptors (Lipinski definition) is 5. The third-order valence-corrected chi connectivity index (χ3v) is 6.67. The minimum atomic E-state index is -0.348. The second kappa shape index (κ2) is 13.2. The van der Waals surface area contributed by atoms with Crippen LogP contribution in [0.5, 0.6) is 0 Å². The lowest BCUT2D eigenvalue weighted by molar-refractivity contribution is 0.0944. The van der Waals surface area contributed by atoms with E-state index in [2.05, 4.69) is 27.8 Å². The van der Waals surface area contributed by atoms with Crippen molar-refractivity contribution in [2.75, 3.05) is 54.6 Å². The average Bonchev–Trinajstić information content (AvgIpc) is 2.85. The highest BCUT2D eigenvalue weighted by molar-refractivity contribution is 7.98. The van der Waals surface area contributed by atoms with Crippen molar-refractivity contribution in [3.8, 4) is 0 Å². The maximum Gasteiger partial charge on any atom is 0.323 e. The second-order valence-electron chi connectivity index (χ2n) is 8.52. The Labute approximate surface area is 207 Å². The molecule has 0 unspecified atom stereocenters. The summed E-state index contributed by atoms with van der Waals surface area (Å²) < 4.78 is 5.36. The molecular weight excluding hydrogens is 448 g/mol. The summed E-state index contributed by atoms with van der Waals surface area (Å²) in [5.41, 5.74) is 2.77. The highest BCUT2D eigenvalue weighted by Gasteiger charge is 2.22. The van der Waals surface area contributed by atoms with Crippen molar-refractivity contribution in [2.45, 2.75) is 38.0 Å². The molecule has 0 bridgehead atoms. The predicted molar refractivity (Wildman–Crippen MR) is 141 cm³/mol. The van der Waals surface area contributed by atoms with Gasteiger partial charge in [-0.25, -0.2) is 4.79 Å². The Kier molecular flexibility index (Phi) is 10.1. The van der Waals surface area contributed by atoms with E-state index in [4.69, 9.17) is 4.74 Å². The van der Waals surface area contributed by atoms with Gasteiger partial charge in [0.1, 0.15) is 0 Å². The molecule has 0 radical (unpaired) electrons. The Morgan fingerprint density at radius 3 is 2.41 bits per heavy atom. The highest BCUT2D eigenvalue weighted by Crippen LogP contribution is 2.29. The standard InChI is InChI=1S/C26H36N4O3S/c1-4-33-17-5-14-27-25(31)23-18-21(8-11-24(23)30-15-12-19(2)13-16-30)29-26(32)28-20-6-9-22(34-3)10-7-20/h6-11,18-19H,4-5,12-17H2,1-3H3,(H,27,31)(H2,28,29,32). The molecule has 7 nitrogen and oxygen atoms in total. The number of nitrogens with zero attached hydrogens (tertiary/aromatic N) is 1. The largest absolute Gasteiger partial charge is 0.382 e. The van der Waals surface area contributed by atoms with Gasteiger partial charge < -0.3 is 25.6 Å². The molecule has 3 rings (SSSR count). The first-order valence-corrected chi connectivity index (χ1v) is 13.2. The third-order valence-electron chi connectivity index (χ3n) is 5.93. The van der Waals surface area contributed by atoms with Crippen LogP contribution < -0.4 is 20.9 Å². The van der Waals surface area contributed by atoms with Crippen LogP contribution >= 0.6 is 11.8 Å². The fraction of sp³-hybridized carbons (Fsp3) is 0.462. The molecule has 2 aromatic carbocycles. The molecule has 8 heteroatoms. The number of thioether (sulfide) groups is 1. The van der Waals surface area contributed by atoms with Crippen molar-refractivity contribution in [3.63, 3.8) is 0 Å². The first kappa shape index (κ1) is 25.9. The first-order chi connectivity index (χ1) is 16.5. The van der Waals surface area contributed by atoms with Crippen LogP contribution in [0, 0.1) is 5.92 Å². The Balaban J connectivity index is 1.71. The van der Waals surface area contributed by atoms with Crippen LogP contribution in [0.15, 0.2) is 47.4 Å². The zero-order valence-corrected chi connectivity index (χ0v) is 21.2. The monoisotopic (exact) mass is 484 g/mol. The lowest BCUT2D eigenvalue weighted by Crippen LogP contribution is -2.35. The smallest absolute Gasteiger partial charge is 0.323 e. The number of carbonyl (C=O) groups excluding carboxylic acids is 2. The minimum absolute atomic E-state index is 0.137. The number of urea groups is 1. The molecule has 2 aromatic rings. The summed E-state index contributed by atoms with van der Waals surface area (Å²) in [5, 5.41) is 8.71. The molecule has 0 aromatic heterocycles. The van der Waals surface area contributed by atoms with Crippen LogP contribution in [0.1, 0.15) is 43.5 Å². The van der Waals surface area contributed by atoms with Gasteiger partial charge in [-0.1, -0.05) is 6.92 Å². The topological polar surface area (TPSA) is 82.7 Å². The van der Waals surface area contributed by atoms with E-state index in [0.29, 0.717) is 42.6 Å². The number of anilines is 3. The minimum Gasteiger partial charge on any atom is -0.382 e. The summed E-state index contributed by atoms with van der Waals surface area (Å²) >= 11 is 1.65.